The smallest absolute Gasteiger partial charge is 0.241 e. The third kappa shape index (κ3) is 4.41. The molecule has 2 aromatic rings. The molecule has 2 rings (SSSR count). The average molecular weight is 318 g/mol. The summed E-state index contributed by atoms with van der Waals surface area (Å²) in [6.45, 7) is 3.44. The van der Waals surface area contributed by atoms with E-state index >= 15 is 0 Å². The highest BCUT2D eigenvalue weighted by atomic mass is 32.2. The number of carbonyl (C=O) groups is 1. The summed E-state index contributed by atoms with van der Waals surface area (Å²) in [6, 6.07) is 13.8. The van der Waals surface area contributed by atoms with E-state index in [4.69, 9.17) is 0 Å². The van der Waals surface area contributed by atoms with Crippen LogP contribution in [0.2, 0.25) is 0 Å². The second-order valence-corrected chi connectivity index (χ2v) is 6.82. The lowest BCUT2D eigenvalue weighted by molar-refractivity contribution is -0.115. The lowest BCUT2D eigenvalue weighted by atomic mass is 10.2. The van der Waals surface area contributed by atoms with Crippen LogP contribution in [-0.2, 0) is 14.8 Å². The first-order chi connectivity index (χ1) is 10.4. The second-order valence-electron chi connectivity index (χ2n) is 5.06. The molecule has 0 aliphatic rings. The summed E-state index contributed by atoms with van der Waals surface area (Å²) in [5.41, 5.74) is 2.55. The summed E-state index contributed by atoms with van der Waals surface area (Å²) in [6.07, 6.45) is 0. The van der Waals surface area contributed by atoms with Gasteiger partial charge in [-0.3, -0.25) is 4.79 Å². The highest BCUT2D eigenvalue weighted by molar-refractivity contribution is 7.89. The Morgan fingerprint density at radius 1 is 1.00 bits per heavy atom. The van der Waals surface area contributed by atoms with Gasteiger partial charge in [0.2, 0.25) is 15.9 Å². The van der Waals surface area contributed by atoms with Crippen molar-refractivity contribution >= 4 is 21.6 Å². The fraction of sp³-hybridized carbons (Fsp3) is 0.188. The maximum atomic E-state index is 12.1. The molecule has 0 fully saturated rings. The van der Waals surface area contributed by atoms with Gasteiger partial charge in [-0.2, -0.15) is 0 Å². The van der Waals surface area contributed by atoms with Crippen molar-refractivity contribution in [2.75, 3.05) is 11.9 Å². The Morgan fingerprint density at radius 3 is 2.32 bits per heavy atom. The number of hydrogen-bond donors (Lipinski definition) is 2. The average Bonchev–Trinajstić information content (AvgIpc) is 2.48. The molecule has 0 radical (unpaired) electrons. The molecule has 2 aromatic carbocycles. The summed E-state index contributed by atoms with van der Waals surface area (Å²) >= 11 is 0. The largest absolute Gasteiger partial charge is 0.325 e. The van der Waals surface area contributed by atoms with Gasteiger partial charge in [0.1, 0.15) is 0 Å². The number of aryl methyl sites for hydroxylation is 2. The first-order valence-electron chi connectivity index (χ1n) is 6.80. The van der Waals surface area contributed by atoms with Gasteiger partial charge in [-0.05, 0) is 43.7 Å². The van der Waals surface area contributed by atoms with Crippen molar-refractivity contribution in [3.63, 3.8) is 0 Å². The van der Waals surface area contributed by atoms with Crippen LogP contribution in [-0.4, -0.2) is 20.9 Å². The Labute approximate surface area is 130 Å². The molecule has 1 amide bonds. The fourth-order valence-corrected chi connectivity index (χ4v) is 2.96. The van der Waals surface area contributed by atoms with E-state index in [2.05, 4.69) is 10.0 Å². The lowest BCUT2D eigenvalue weighted by Crippen LogP contribution is -2.32. The van der Waals surface area contributed by atoms with Crippen molar-refractivity contribution < 1.29 is 13.2 Å². The summed E-state index contributed by atoms with van der Waals surface area (Å²) < 4.78 is 26.5. The van der Waals surface area contributed by atoms with Gasteiger partial charge < -0.3 is 5.32 Å². The summed E-state index contributed by atoms with van der Waals surface area (Å²) in [5.74, 6) is -0.417. The molecule has 0 aliphatic heterocycles. The van der Waals surface area contributed by atoms with Crippen LogP contribution in [0.25, 0.3) is 0 Å². The predicted octanol–water partition coefficient (Wildman–Crippen LogP) is 2.22. The van der Waals surface area contributed by atoms with Crippen molar-refractivity contribution in [1.82, 2.24) is 4.72 Å². The van der Waals surface area contributed by atoms with Gasteiger partial charge in [0.15, 0.2) is 0 Å². The van der Waals surface area contributed by atoms with Gasteiger partial charge in [-0.15, -0.1) is 0 Å². The van der Waals surface area contributed by atoms with E-state index in [9.17, 15) is 13.2 Å². The van der Waals surface area contributed by atoms with Crippen LogP contribution in [0.1, 0.15) is 11.1 Å². The molecular formula is C16H18N2O3S. The number of hydrogen-bond acceptors (Lipinski definition) is 3. The molecule has 5 nitrogen and oxygen atoms in total. The Hall–Kier alpha value is -2.18. The van der Waals surface area contributed by atoms with E-state index in [1.165, 1.54) is 6.07 Å². The molecular weight excluding hydrogens is 300 g/mol. The molecule has 0 unspecified atom stereocenters. The Kier molecular flexibility index (Phi) is 4.95. The van der Waals surface area contributed by atoms with Crippen molar-refractivity contribution in [1.29, 1.82) is 0 Å². The minimum atomic E-state index is -3.69. The topological polar surface area (TPSA) is 75.3 Å². The number of rotatable bonds is 5. The third-order valence-electron chi connectivity index (χ3n) is 3.06. The minimum absolute atomic E-state index is 0.149. The molecule has 2 N–H and O–H groups in total. The Balaban J connectivity index is 1.97. The van der Waals surface area contributed by atoms with E-state index in [1.54, 1.807) is 24.3 Å². The first-order valence-corrected chi connectivity index (χ1v) is 8.28. The predicted molar refractivity (Wildman–Crippen MR) is 86.2 cm³/mol. The number of anilines is 1. The molecule has 0 aliphatic carbocycles. The number of carbonyl (C=O) groups excluding carboxylic acids is 1. The van der Waals surface area contributed by atoms with E-state index in [0.29, 0.717) is 5.69 Å². The maximum absolute atomic E-state index is 12.1. The molecule has 0 atom stereocenters. The van der Waals surface area contributed by atoms with Gasteiger partial charge in [0, 0.05) is 5.69 Å². The van der Waals surface area contributed by atoms with E-state index in [0.717, 1.165) is 11.1 Å². The summed E-state index contributed by atoms with van der Waals surface area (Å²) in [5, 5.41) is 2.64. The third-order valence-corrected chi connectivity index (χ3v) is 4.46. The molecule has 116 valence electrons. The van der Waals surface area contributed by atoms with Crippen LogP contribution in [0.15, 0.2) is 53.4 Å². The molecule has 0 saturated heterocycles. The van der Waals surface area contributed by atoms with Crippen LogP contribution in [0.4, 0.5) is 5.69 Å². The zero-order valence-corrected chi connectivity index (χ0v) is 13.3. The first kappa shape index (κ1) is 16.2. The molecule has 0 heterocycles. The zero-order chi connectivity index (χ0) is 16.2. The van der Waals surface area contributed by atoms with Crippen LogP contribution in [0, 0.1) is 13.8 Å². The monoisotopic (exact) mass is 318 g/mol. The van der Waals surface area contributed by atoms with Crippen molar-refractivity contribution in [3.05, 3.63) is 59.7 Å². The molecule has 6 heteroatoms. The van der Waals surface area contributed by atoms with E-state index < -0.39 is 15.9 Å². The lowest BCUT2D eigenvalue weighted by Gasteiger charge is -2.08. The molecule has 22 heavy (non-hydrogen) atoms. The van der Waals surface area contributed by atoms with Crippen molar-refractivity contribution in [3.8, 4) is 0 Å². The highest BCUT2D eigenvalue weighted by Crippen LogP contribution is 2.11. The van der Waals surface area contributed by atoms with Crippen molar-refractivity contribution in [2.45, 2.75) is 18.7 Å². The maximum Gasteiger partial charge on any atom is 0.241 e. The van der Waals surface area contributed by atoms with Gasteiger partial charge >= 0.3 is 0 Å². The summed E-state index contributed by atoms with van der Waals surface area (Å²) in [4.78, 5) is 12.0. The summed E-state index contributed by atoms with van der Waals surface area (Å²) in [7, 11) is -3.69. The number of benzene rings is 2. The van der Waals surface area contributed by atoms with E-state index in [1.807, 2.05) is 32.0 Å². The zero-order valence-electron chi connectivity index (χ0n) is 12.5. The normalized spacial score (nSPS) is 11.2. The van der Waals surface area contributed by atoms with Crippen LogP contribution in [0.3, 0.4) is 0 Å². The van der Waals surface area contributed by atoms with E-state index in [-0.39, 0.29) is 11.4 Å². The Bertz CT molecular complexity index is 768. The second kappa shape index (κ2) is 6.72. The van der Waals surface area contributed by atoms with Gasteiger partial charge in [0.05, 0.1) is 11.4 Å². The quantitative estimate of drug-likeness (QED) is 0.887. The standard InChI is InChI=1S/C16H18N2O3S/c1-12-6-8-14(9-7-12)18-16(19)11-17-22(20,21)15-5-3-4-13(2)10-15/h3-10,17H,11H2,1-2H3,(H,18,19). The van der Waals surface area contributed by atoms with Gasteiger partial charge in [0.25, 0.3) is 0 Å². The van der Waals surface area contributed by atoms with Crippen molar-refractivity contribution in [2.24, 2.45) is 0 Å². The number of sulfonamides is 1. The highest BCUT2D eigenvalue weighted by Gasteiger charge is 2.15. The van der Waals surface area contributed by atoms with Crippen LogP contribution in [0.5, 0.6) is 0 Å². The Morgan fingerprint density at radius 2 is 1.68 bits per heavy atom. The molecule has 0 aromatic heterocycles. The number of amides is 1. The van der Waals surface area contributed by atoms with Gasteiger partial charge in [-0.1, -0.05) is 29.8 Å². The fourth-order valence-electron chi connectivity index (χ4n) is 1.87. The van der Waals surface area contributed by atoms with Crippen LogP contribution < -0.4 is 10.0 Å². The SMILES string of the molecule is Cc1ccc(NC(=O)CNS(=O)(=O)c2cccc(C)c2)cc1. The minimum Gasteiger partial charge on any atom is -0.325 e. The molecule has 0 saturated carbocycles. The molecule has 0 spiro atoms. The van der Waals surface area contributed by atoms with Crippen LogP contribution >= 0.6 is 0 Å². The number of nitrogens with one attached hydrogen (secondary N) is 2. The molecule has 0 bridgehead atoms. The van der Waals surface area contributed by atoms with Gasteiger partial charge in [-0.25, -0.2) is 13.1 Å².